The van der Waals surface area contributed by atoms with Crippen molar-refractivity contribution in [2.75, 3.05) is 0 Å². The van der Waals surface area contributed by atoms with Crippen LogP contribution in [0.1, 0.15) is 11.1 Å². The zero-order chi connectivity index (χ0) is 18.3. The Morgan fingerprint density at radius 3 is 1.92 bits per heavy atom. The number of alkyl halides is 6. The smallest absolute Gasteiger partial charge is 0.184 e. The number of fused-ring (bicyclic) bond motifs is 3. The summed E-state index contributed by atoms with van der Waals surface area (Å²) < 4.78 is 80.2. The highest BCUT2D eigenvalue weighted by molar-refractivity contribution is 7.74. The van der Waals surface area contributed by atoms with Gasteiger partial charge in [0.05, 0.1) is 0 Å². The van der Waals surface area contributed by atoms with Crippen molar-refractivity contribution in [2.45, 2.75) is 13.4 Å². The van der Waals surface area contributed by atoms with Crippen LogP contribution in [0.25, 0.3) is 11.6 Å². The molecule has 1 aromatic rings. The van der Waals surface area contributed by atoms with Gasteiger partial charge >= 0.3 is 13.4 Å². The van der Waals surface area contributed by atoms with Crippen molar-refractivity contribution in [2.24, 2.45) is 0 Å². The standard InChI is InChI=1S/C13H8O2S.2CHF3/c14-16(15)13-7-3-6-11-10-5-2-1-4-9(10)8-12(11)13;2*2-1(3)4/h1-8H;2*1H. The second-order valence-electron chi connectivity index (χ2n) is 4.18. The van der Waals surface area contributed by atoms with E-state index in [-0.39, 0.29) is 0 Å². The monoisotopic (exact) mass is 368 g/mol. The maximum atomic E-state index is 11.1. The van der Waals surface area contributed by atoms with Crippen molar-refractivity contribution < 1.29 is 34.8 Å². The molecule has 0 heterocycles. The Labute approximate surface area is 135 Å². The van der Waals surface area contributed by atoms with E-state index in [1.54, 1.807) is 12.2 Å². The van der Waals surface area contributed by atoms with E-state index < -0.39 is 23.7 Å². The van der Waals surface area contributed by atoms with Gasteiger partial charge in [-0.2, -0.15) is 34.8 Å². The van der Waals surface area contributed by atoms with Crippen LogP contribution in [0.4, 0.5) is 26.3 Å². The first-order chi connectivity index (χ1) is 11.2. The van der Waals surface area contributed by atoms with Gasteiger partial charge in [0.2, 0.25) is 10.3 Å². The molecule has 0 aromatic heterocycles. The minimum absolute atomic E-state index is 0.369. The number of benzene rings is 1. The zero-order valence-electron chi connectivity index (χ0n) is 11.8. The summed E-state index contributed by atoms with van der Waals surface area (Å²) in [7, 11) is -2.18. The van der Waals surface area contributed by atoms with E-state index in [0.717, 1.165) is 22.3 Å². The molecule has 0 saturated heterocycles. The number of hydrogen-bond acceptors (Lipinski definition) is 2. The fourth-order valence-electron chi connectivity index (χ4n) is 2.10. The molecule has 0 unspecified atom stereocenters. The zero-order valence-corrected chi connectivity index (χ0v) is 12.6. The molecule has 0 atom stereocenters. The summed E-state index contributed by atoms with van der Waals surface area (Å²) in [5.41, 5.74) is 3.98. The minimum Gasteiger partial charge on any atom is -0.184 e. The number of hydrogen-bond donors (Lipinski definition) is 0. The lowest BCUT2D eigenvalue weighted by molar-refractivity contribution is 0.00734. The lowest BCUT2D eigenvalue weighted by atomic mass is 9.97. The Kier molecular flexibility index (Phi) is 7.50. The normalized spacial score (nSPS) is 13.9. The molecule has 9 heteroatoms. The summed E-state index contributed by atoms with van der Waals surface area (Å²) in [6, 6.07) is 7.92. The van der Waals surface area contributed by atoms with E-state index in [2.05, 4.69) is 0 Å². The van der Waals surface area contributed by atoms with E-state index in [0.29, 0.717) is 4.86 Å². The molecular formula is C15H10F6O2S. The lowest BCUT2D eigenvalue weighted by Gasteiger charge is -2.08. The molecule has 1 aromatic carbocycles. The van der Waals surface area contributed by atoms with Gasteiger partial charge in [0.15, 0.2) is 0 Å². The Hall–Kier alpha value is -2.29. The molecule has 2 nitrogen and oxygen atoms in total. The van der Waals surface area contributed by atoms with Gasteiger partial charge < -0.3 is 0 Å². The number of allylic oxidation sites excluding steroid dienone is 5. The summed E-state index contributed by atoms with van der Waals surface area (Å²) >= 11 is 0. The van der Waals surface area contributed by atoms with Gasteiger partial charge in [0.1, 0.15) is 4.86 Å². The van der Waals surface area contributed by atoms with Crippen LogP contribution in [0.15, 0.2) is 48.1 Å². The van der Waals surface area contributed by atoms with E-state index in [4.69, 9.17) is 0 Å². The first kappa shape index (κ1) is 19.8. The fraction of sp³-hybridized carbons (Fsp3) is 0.133. The van der Waals surface area contributed by atoms with E-state index in [1.165, 1.54) is 0 Å². The highest BCUT2D eigenvalue weighted by Gasteiger charge is 2.23. The lowest BCUT2D eigenvalue weighted by Crippen LogP contribution is -2.03. The fourth-order valence-corrected chi connectivity index (χ4v) is 2.63. The maximum absolute atomic E-state index is 11.1. The third-order valence-corrected chi connectivity index (χ3v) is 3.51. The van der Waals surface area contributed by atoms with Crippen LogP contribution in [-0.4, -0.2) is 26.6 Å². The van der Waals surface area contributed by atoms with Crippen LogP contribution in [0.2, 0.25) is 0 Å². The molecule has 0 aliphatic heterocycles. The van der Waals surface area contributed by atoms with Gasteiger partial charge in [-0.3, -0.25) is 0 Å². The molecule has 2 aliphatic carbocycles. The van der Waals surface area contributed by atoms with Crippen molar-refractivity contribution in [3.05, 3.63) is 59.2 Å². The van der Waals surface area contributed by atoms with Gasteiger partial charge in [-0.15, -0.1) is 0 Å². The Morgan fingerprint density at radius 2 is 1.38 bits per heavy atom. The SMILES string of the molecule is FC(F)F.FC(F)F.O=S(=O)=C1C=CC=C2C1=Cc1ccccc12. The van der Waals surface area contributed by atoms with E-state index in [9.17, 15) is 34.8 Å². The Bertz CT molecular complexity index is 787. The molecule has 2 aliphatic rings. The first-order valence-electron chi connectivity index (χ1n) is 6.25. The highest BCUT2D eigenvalue weighted by atomic mass is 32.2. The molecular weight excluding hydrogens is 358 g/mol. The van der Waals surface area contributed by atoms with Crippen LogP contribution in [0, 0.1) is 0 Å². The third-order valence-electron chi connectivity index (χ3n) is 2.80. The van der Waals surface area contributed by atoms with Gasteiger partial charge in [-0.1, -0.05) is 36.4 Å². The second kappa shape index (κ2) is 9.11. The summed E-state index contributed by atoms with van der Waals surface area (Å²) in [5, 5.41) is 0. The van der Waals surface area contributed by atoms with Crippen LogP contribution >= 0.6 is 0 Å². The van der Waals surface area contributed by atoms with Gasteiger partial charge in [-0.25, -0.2) is 0 Å². The Morgan fingerprint density at radius 1 is 0.833 bits per heavy atom. The van der Waals surface area contributed by atoms with Crippen LogP contribution < -0.4 is 0 Å². The summed E-state index contributed by atoms with van der Waals surface area (Å²) in [6.45, 7) is -7.33. The number of halogens is 6. The van der Waals surface area contributed by atoms with Crippen molar-refractivity contribution >= 4 is 26.8 Å². The predicted molar refractivity (Wildman–Crippen MR) is 79.7 cm³/mol. The van der Waals surface area contributed by atoms with Gasteiger partial charge in [-0.05, 0) is 28.9 Å². The molecule has 0 fully saturated rings. The molecule has 0 amide bonds. The van der Waals surface area contributed by atoms with Crippen LogP contribution in [-0.2, 0) is 10.3 Å². The molecule has 0 bridgehead atoms. The van der Waals surface area contributed by atoms with Crippen molar-refractivity contribution in [1.29, 1.82) is 0 Å². The minimum atomic E-state index is -3.67. The highest BCUT2D eigenvalue weighted by Crippen LogP contribution is 2.37. The average Bonchev–Trinajstić information content (AvgIpc) is 2.84. The number of rotatable bonds is 0. The topological polar surface area (TPSA) is 34.1 Å². The quantitative estimate of drug-likeness (QED) is 0.501. The molecule has 24 heavy (non-hydrogen) atoms. The molecule has 0 saturated carbocycles. The Balaban J connectivity index is 0.000000306. The molecule has 130 valence electrons. The van der Waals surface area contributed by atoms with Crippen molar-refractivity contribution in [3.8, 4) is 0 Å². The maximum Gasteiger partial charge on any atom is 0.379 e. The van der Waals surface area contributed by atoms with Crippen molar-refractivity contribution in [3.63, 3.8) is 0 Å². The summed E-state index contributed by atoms with van der Waals surface area (Å²) in [6.07, 6.45) is 7.29. The predicted octanol–water partition coefficient (Wildman–Crippen LogP) is 4.45. The third kappa shape index (κ3) is 5.73. The largest absolute Gasteiger partial charge is 0.379 e. The van der Waals surface area contributed by atoms with Crippen molar-refractivity contribution in [1.82, 2.24) is 0 Å². The summed E-state index contributed by atoms with van der Waals surface area (Å²) in [5.74, 6) is 0. The van der Waals surface area contributed by atoms with Gasteiger partial charge in [0, 0.05) is 5.57 Å². The van der Waals surface area contributed by atoms with Gasteiger partial charge in [0.25, 0.3) is 0 Å². The van der Waals surface area contributed by atoms with E-state index >= 15 is 0 Å². The molecule has 0 spiro atoms. The molecule has 0 N–H and O–H groups in total. The van der Waals surface area contributed by atoms with Crippen LogP contribution in [0.5, 0.6) is 0 Å². The molecule has 3 rings (SSSR count). The first-order valence-corrected chi connectivity index (χ1v) is 7.32. The summed E-state index contributed by atoms with van der Waals surface area (Å²) in [4.78, 5) is 0.369. The van der Waals surface area contributed by atoms with Crippen LogP contribution in [0.3, 0.4) is 0 Å². The van der Waals surface area contributed by atoms with E-state index in [1.807, 2.05) is 36.4 Å². The average molecular weight is 368 g/mol. The second-order valence-corrected chi connectivity index (χ2v) is 5.09. The molecule has 0 radical (unpaired) electrons.